The average molecular weight is 213 g/mol. The fraction of sp³-hybridized carbons (Fsp3) is 0.500. The minimum atomic E-state index is -0.524. The molecule has 1 nitrogen and oxygen atoms in total. The van der Waals surface area contributed by atoms with Gasteiger partial charge in [-0.25, -0.2) is 8.78 Å². The highest BCUT2D eigenvalue weighted by molar-refractivity contribution is 5.17. The van der Waals surface area contributed by atoms with Gasteiger partial charge in [-0.05, 0) is 30.5 Å². The third kappa shape index (κ3) is 3.96. The van der Waals surface area contributed by atoms with Crippen molar-refractivity contribution < 1.29 is 8.78 Å². The van der Waals surface area contributed by atoms with Crippen molar-refractivity contribution in [3.8, 4) is 0 Å². The van der Waals surface area contributed by atoms with Gasteiger partial charge in [-0.2, -0.15) is 0 Å². The van der Waals surface area contributed by atoms with Gasteiger partial charge in [0.05, 0.1) is 0 Å². The summed E-state index contributed by atoms with van der Waals surface area (Å²) in [5.74, 6) is -0.545. The molecule has 1 unspecified atom stereocenters. The van der Waals surface area contributed by atoms with Gasteiger partial charge in [0, 0.05) is 18.7 Å². The predicted octanol–water partition coefficient (Wildman–Crippen LogP) is 3.10. The van der Waals surface area contributed by atoms with Crippen LogP contribution in [0, 0.1) is 17.6 Å². The summed E-state index contributed by atoms with van der Waals surface area (Å²) in [6.45, 7) is 6.75. The Balaban J connectivity index is 2.57. The molecule has 1 aromatic carbocycles. The zero-order valence-corrected chi connectivity index (χ0v) is 9.35. The maximum absolute atomic E-state index is 12.8. The van der Waals surface area contributed by atoms with Gasteiger partial charge in [0.1, 0.15) is 11.6 Å². The normalized spacial score (nSPS) is 13.2. The molecule has 0 saturated carbocycles. The number of benzene rings is 1. The van der Waals surface area contributed by atoms with Crippen LogP contribution in [0.25, 0.3) is 0 Å². The van der Waals surface area contributed by atoms with E-state index in [-0.39, 0.29) is 0 Å². The minimum absolute atomic E-state index is 0.330. The first-order chi connectivity index (χ1) is 6.99. The van der Waals surface area contributed by atoms with Crippen LogP contribution in [0.5, 0.6) is 0 Å². The first-order valence-electron chi connectivity index (χ1n) is 5.17. The molecule has 0 aromatic heterocycles. The summed E-state index contributed by atoms with van der Waals surface area (Å²) in [7, 11) is 0. The van der Waals surface area contributed by atoms with E-state index in [0.717, 1.165) is 6.07 Å². The van der Waals surface area contributed by atoms with E-state index >= 15 is 0 Å². The molecule has 0 radical (unpaired) electrons. The molecule has 0 aliphatic rings. The highest BCUT2D eigenvalue weighted by atomic mass is 19.1. The van der Waals surface area contributed by atoms with Gasteiger partial charge in [0.15, 0.2) is 0 Å². The molecule has 0 aliphatic heterocycles. The molecule has 0 saturated heterocycles. The zero-order chi connectivity index (χ0) is 11.4. The Kier molecular flexibility index (Phi) is 4.21. The molecule has 0 amide bonds. The SMILES string of the molecule is CC(C)C(C)NCc1cc(F)cc(F)c1. The number of nitrogens with one attached hydrogen (secondary N) is 1. The topological polar surface area (TPSA) is 12.0 Å². The van der Waals surface area contributed by atoms with Crippen LogP contribution in [-0.4, -0.2) is 6.04 Å². The molecular weight excluding hydrogens is 196 g/mol. The summed E-state index contributed by atoms with van der Waals surface area (Å²) >= 11 is 0. The smallest absolute Gasteiger partial charge is 0.126 e. The Morgan fingerprint density at radius 3 is 2.07 bits per heavy atom. The summed E-state index contributed by atoms with van der Waals surface area (Å²) in [4.78, 5) is 0. The second-order valence-electron chi connectivity index (χ2n) is 4.19. The Morgan fingerprint density at radius 2 is 1.60 bits per heavy atom. The van der Waals surface area contributed by atoms with Crippen LogP contribution in [-0.2, 0) is 6.54 Å². The molecule has 3 heteroatoms. The van der Waals surface area contributed by atoms with Crippen molar-refractivity contribution in [1.29, 1.82) is 0 Å². The van der Waals surface area contributed by atoms with Gasteiger partial charge in [-0.3, -0.25) is 0 Å². The van der Waals surface area contributed by atoms with Gasteiger partial charge >= 0.3 is 0 Å². The third-order valence-electron chi connectivity index (χ3n) is 2.55. The van der Waals surface area contributed by atoms with Crippen LogP contribution < -0.4 is 5.32 Å². The van der Waals surface area contributed by atoms with Crippen molar-refractivity contribution >= 4 is 0 Å². The summed E-state index contributed by atoms with van der Waals surface area (Å²) in [6.07, 6.45) is 0. The lowest BCUT2D eigenvalue weighted by Gasteiger charge is -2.17. The number of rotatable bonds is 4. The molecule has 1 atom stereocenters. The summed E-state index contributed by atoms with van der Waals surface area (Å²) in [5.41, 5.74) is 0.639. The molecule has 0 spiro atoms. The van der Waals surface area contributed by atoms with E-state index in [9.17, 15) is 8.78 Å². The molecule has 15 heavy (non-hydrogen) atoms. The standard InChI is InChI=1S/C12H17F2N/c1-8(2)9(3)15-7-10-4-11(13)6-12(14)5-10/h4-6,8-9,15H,7H2,1-3H3. The highest BCUT2D eigenvalue weighted by Crippen LogP contribution is 2.09. The van der Waals surface area contributed by atoms with E-state index in [4.69, 9.17) is 0 Å². The number of hydrogen-bond acceptors (Lipinski definition) is 1. The van der Waals surface area contributed by atoms with E-state index in [1.165, 1.54) is 12.1 Å². The van der Waals surface area contributed by atoms with Crippen molar-refractivity contribution in [3.05, 3.63) is 35.4 Å². The van der Waals surface area contributed by atoms with Gasteiger partial charge in [-0.15, -0.1) is 0 Å². The van der Waals surface area contributed by atoms with Crippen LogP contribution in [0.2, 0.25) is 0 Å². The molecule has 1 rings (SSSR count). The quantitative estimate of drug-likeness (QED) is 0.810. The van der Waals surface area contributed by atoms with E-state index in [1.807, 2.05) is 0 Å². The molecule has 84 valence electrons. The molecule has 0 heterocycles. The van der Waals surface area contributed by atoms with Crippen molar-refractivity contribution in [3.63, 3.8) is 0 Å². The van der Waals surface area contributed by atoms with Crippen LogP contribution >= 0.6 is 0 Å². The first-order valence-corrected chi connectivity index (χ1v) is 5.17. The maximum atomic E-state index is 12.8. The Labute approximate surface area is 89.5 Å². The van der Waals surface area contributed by atoms with Crippen molar-refractivity contribution in [1.82, 2.24) is 5.32 Å². The van der Waals surface area contributed by atoms with Gasteiger partial charge in [0.2, 0.25) is 0 Å². The maximum Gasteiger partial charge on any atom is 0.126 e. The minimum Gasteiger partial charge on any atom is -0.310 e. The van der Waals surface area contributed by atoms with Crippen LogP contribution in [0.4, 0.5) is 8.78 Å². The molecule has 1 N–H and O–H groups in total. The van der Waals surface area contributed by atoms with Crippen LogP contribution in [0.15, 0.2) is 18.2 Å². The highest BCUT2D eigenvalue weighted by Gasteiger charge is 2.06. The van der Waals surface area contributed by atoms with Gasteiger partial charge < -0.3 is 5.32 Å². The second kappa shape index (κ2) is 5.21. The third-order valence-corrected chi connectivity index (χ3v) is 2.55. The van der Waals surface area contributed by atoms with Crippen LogP contribution in [0.3, 0.4) is 0 Å². The number of halogens is 2. The zero-order valence-electron chi connectivity index (χ0n) is 9.35. The lowest BCUT2D eigenvalue weighted by atomic mass is 10.1. The van der Waals surface area contributed by atoms with Crippen molar-refractivity contribution in [2.45, 2.75) is 33.4 Å². The summed E-state index contributed by atoms with van der Waals surface area (Å²) in [6, 6.07) is 3.91. The van der Waals surface area contributed by atoms with E-state index in [0.29, 0.717) is 24.1 Å². The molecular formula is C12H17F2N. The lowest BCUT2D eigenvalue weighted by Crippen LogP contribution is -2.30. The monoisotopic (exact) mass is 213 g/mol. The van der Waals surface area contributed by atoms with E-state index < -0.39 is 11.6 Å². The summed E-state index contributed by atoms with van der Waals surface area (Å²) < 4.78 is 25.7. The predicted molar refractivity (Wildman–Crippen MR) is 57.5 cm³/mol. The van der Waals surface area contributed by atoms with E-state index in [1.54, 1.807) is 0 Å². The lowest BCUT2D eigenvalue weighted by molar-refractivity contribution is 0.425. The molecule has 1 aromatic rings. The Morgan fingerprint density at radius 1 is 1.07 bits per heavy atom. The number of hydrogen-bond donors (Lipinski definition) is 1. The fourth-order valence-corrected chi connectivity index (χ4v) is 1.23. The van der Waals surface area contributed by atoms with Crippen molar-refractivity contribution in [2.75, 3.05) is 0 Å². The molecule has 0 fully saturated rings. The van der Waals surface area contributed by atoms with E-state index in [2.05, 4.69) is 26.1 Å². The van der Waals surface area contributed by atoms with Gasteiger partial charge in [-0.1, -0.05) is 13.8 Å². The first kappa shape index (κ1) is 12.1. The van der Waals surface area contributed by atoms with Crippen LogP contribution in [0.1, 0.15) is 26.3 Å². The second-order valence-corrected chi connectivity index (χ2v) is 4.19. The van der Waals surface area contributed by atoms with Gasteiger partial charge in [0.25, 0.3) is 0 Å². The molecule has 0 bridgehead atoms. The summed E-state index contributed by atoms with van der Waals surface area (Å²) in [5, 5.41) is 3.22. The average Bonchev–Trinajstić information content (AvgIpc) is 2.12. The fourth-order valence-electron chi connectivity index (χ4n) is 1.23. The molecule has 0 aliphatic carbocycles. The largest absolute Gasteiger partial charge is 0.310 e. The Hall–Kier alpha value is -0.960. The Bertz CT molecular complexity index is 303. The van der Waals surface area contributed by atoms with Crippen molar-refractivity contribution in [2.24, 2.45) is 5.92 Å².